The normalized spacial score (nSPS) is 11.2. The van der Waals surface area contributed by atoms with Gasteiger partial charge >= 0.3 is 0 Å². The molecule has 1 heterocycles. The summed E-state index contributed by atoms with van der Waals surface area (Å²) >= 11 is 7.08. The molecule has 0 fully saturated rings. The van der Waals surface area contributed by atoms with E-state index in [-0.39, 0.29) is 15.7 Å². The van der Waals surface area contributed by atoms with Crippen LogP contribution in [0.4, 0.5) is 10.8 Å². The van der Waals surface area contributed by atoms with Crippen molar-refractivity contribution in [3.63, 3.8) is 0 Å². The van der Waals surface area contributed by atoms with Crippen LogP contribution in [0.25, 0.3) is 0 Å². The number of aryl methyl sites for hydroxylation is 2. The van der Waals surface area contributed by atoms with E-state index in [4.69, 9.17) is 11.6 Å². The summed E-state index contributed by atoms with van der Waals surface area (Å²) in [6, 6.07) is 11.6. The number of carbonyl (C=O) groups excluding carboxylic acids is 1. The maximum absolute atomic E-state index is 12.4. The van der Waals surface area contributed by atoms with E-state index in [2.05, 4.69) is 15.0 Å². The minimum absolute atomic E-state index is 0.110. The van der Waals surface area contributed by atoms with Crippen molar-refractivity contribution >= 4 is 49.7 Å². The fraction of sp³-hybridized carbons (Fsp3) is 0.111. The third kappa shape index (κ3) is 4.65. The predicted octanol–water partition coefficient (Wildman–Crippen LogP) is 4.47. The van der Waals surface area contributed by atoms with Gasteiger partial charge in [-0.1, -0.05) is 35.4 Å². The van der Waals surface area contributed by atoms with Crippen molar-refractivity contribution in [1.29, 1.82) is 0 Å². The van der Waals surface area contributed by atoms with Crippen molar-refractivity contribution in [3.8, 4) is 0 Å². The van der Waals surface area contributed by atoms with Crippen LogP contribution in [0.15, 0.2) is 52.7 Å². The molecule has 0 saturated heterocycles. The molecule has 0 saturated carbocycles. The average Bonchev–Trinajstić information content (AvgIpc) is 3.06. The van der Waals surface area contributed by atoms with Crippen LogP contribution in [-0.2, 0) is 10.0 Å². The lowest BCUT2D eigenvalue weighted by Gasteiger charge is -2.06. The SMILES string of the molecule is Cc1ccc(S(=O)(=O)Nc2nc(C(=O)Nc3ccc(C)c(Cl)c3)cs2)cc1. The van der Waals surface area contributed by atoms with Crippen LogP contribution in [-0.4, -0.2) is 19.3 Å². The highest BCUT2D eigenvalue weighted by Crippen LogP contribution is 2.23. The summed E-state index contributed by atoms with van der Waals surface area (Å²) in [5.41, 5.74) is 2.50. The smallest absolute Gasteiger partial charge is 0.275 e. The summed E-state index contributed by atoms with van der Waals surface area (Å²) in [5.74, 6) is -0.452. The Balaban J connectivity index is 1.73. The molecule has 0 aliphatic heterocycles. The van der Waals surface area contributed by atoms with Gasteiger partial charge in [0.05, 0.1) is 4.90 Å². The lowest BCUT2D eigenvalue weighted by molar-refractivity contribution is 0.102. The number of carbonyl (C=O) groups is 1. The molecule has 0 bridgehead atoms. The zero-order valence-electron chi connectivity index (χ0n) is 14.5. The Bertz CT molecular complexity index is 1090. The monoisotopic (exact) mass is 421 g/mol. The standard InChI is InChI=1S/C18H16ClN3O3S2/c1-11-3-7-14(8-4-11)27(24,25)22-18-21-16(10-26-18)17(23)20-13-6-5-12(2)15(19)9-13/h3-10H,1-2H3,(H,20,23)(H,21,22). The fourth-order valence-electron chi connectivity index (χ4n) is 2.18. The number of halogens is 1. The summed E-state index contributed by atoms with van der Waals surface area (Å²) in [4.78, 5) is 16.5. The molecule has 1 amide bonds. The van der Waals surface area contributed by atoms with Crippen molar-refractivity contribution in [2.75, 3.05) is 10.0 Å². The number of thiazole rings is 1. The summed E-state index contributed by atoms with van der Waals surface area (Å²) in [7, 11) is -3.76. The first kappa shape index (κ1) is 19.3. The van der Waals surface area contributed by atoms with Crippen molar-refractivity contribution in [2.24, 2.45) is 0 Å². The molecule has 9 heteroatoms. The molecule has 0 atom stereocenters. The number of nitrogens with zero attached hydrogens (tertiary/aromatic N) is 1. The number of amides is 1. The van der Waals surface area contributed by atoms with Crippen LogP contribution < -0.4 is 10.0 Å². The summed E-state index contributed by atoms with van der Waals surface area (Å²) in [5, 5.41) is 4.82. The van der Waals surface area contributed by atoms with E-state index in [0.29, 0.717) is 10.7 Å². The Labute approximate surface area is 166 Å². The van der Waals surface area contributed by atoms with Gasteiger partial charge in [-0.2, -0.15) is 0 Å². The van der Waals surface area contributed by atoms with E-state index in [1.54, 1.807) is 30.3 Å². The predicted molar refractivity (Wildman–Crippen MR) is 108 cm³/mol. The number of hydrogen-bond donors (Lipinski definition) is 2. The highest BCUT2D eigenvalue weighted by Gasteiger charge is 2.18. The van der Waals surface area contributed by atoms with Crippen molar-refractivity contribution < 1.29 is 13.2 Å². The largest absolute Gasteiger partial charge is 0.321 e. The van der Waals surface area contributed by atoms with Gasteiger partial charge in [0.15, 0.2) is 5.13 Å². The van der Waals surface area contributed by atoms with Crippen LogP contribution in [0.2, 0.25) is 5.02 Å². The minimum atomic E-state index is -3.76. The Morgan fingerprint density at radius 2 is 1.81 bits per heavy atom. The van der Waals surface area contributed by atoms with E-state index in [1.165, 1.54) is 17.5 Å². The molecule has 6 nitrogen and oxygen atoms in total. The van der Waals surface area contributed by atoms with E-state index >= 15 is 0 Å². The van der Waals surface area contributed by atoms with Gasteiger partial charge in [0.1, 0.15) is 5.69 Å². The Kier molecular flexibility index (Phi) is 5.50. The molecular formula is C18H16ClN3O3S2. The molecule has 2 aromatic carbocycles. The van der Waals surface area contributed by atoms with Crippen LogP contribution >= 0.6 is 22.9 Å². The number of sulfonamides is 1. The first-order valence-electron chi connectivity index (χ1n) is 7.87. The van der Waals surface area contributed by atoms with Crippen molar-refractivity contribution in [1.82, 2.24) is 4.98 Å². The third-order valence-corrected chi connectivity index (χ3v) is 6.37. The molecular weight excluding hydrogens is 406 g/mol. The lowest BCUT2D eigenvalue weighted by atomic mass is 10.2. The van der Waals surface area contributed by atoms with Gasteiger partial charge in [0.25, 0.3) is 15.9 Å². The Morgan fingerprint density at radius 1 is 1.11 bits per heavy atom. The number of aromatic nitrogens is 1. The lowest BCUT2D eigenvalue weighted by Crippen LogP contribution is -2.14. The van der Waals surface area contributed by atoms with Crippen LogP contribution in [0.3, 0.4) is 0 Å². The zero-order valence-corrected chi connectivity index (χ0v) is 16.9. The van der Waals surface area contributed by atoms with E-state index < -0.39 is 15.9 Å². The van der Waals surface area contributed by atoms with E-state index in [1.807, 2.05) is 13.8 Å². The molecule has 27 heavy (non-hydrogen) atoms. The van der Waals surface area contributed by atoms with Gasteiger partial charge in [-0.05, 0) is 43.7 Å². The maximum Gasteiger partial charge on any atom is 0.275 e. The molecule has 0 aliphatic carbocycles. The Hall–Kier alpha value is -2.42. The number of hydrogen-bond acceptors (Lipinski definition) is 5. The molecule has 1 aromatic heterocycles. The highest BCUT2D eigenvalue weighted by molar-refractivity contribution is 7.93. The molecule has 0 spiro atoms. The van der Waals surface area contributed by atoms with E-state index in [9.17, 15) is 13.2 Å². The second-order valence-corrected chi connectivity index (χ2v) is 8.82. The quantitative estimate of drug-likeness (QED) is 0.636. The fourth-order valence-corrected chi connectivity index (χ4v) is 4.31. The number of benzene rings is 2. The second-order valence-electron chi connectivity index (χ2n) is 5.87. The summed E-state index contributed by atoms with van der Waals surface area (Å²) < 4.78 is 27.2. The average molecular weight is 422 g/mol. The molecule has 2 N–H and O–H groups in total. The van der Waals surface area contributed by atoms with Crippen molar-refractivity contribution in [2.45, 2.75) is 18.7 Å². The van der Waals surface area contributed by atoms with Gasteiger partial charge in [-0.15, -0.1) is 11.3 Å². The molecule has 140 valence electrons. The van der Waals surface area contributed by atoms with Gasteiger partial charge in [-0.25, -0.2) is 13.4 Å². The number of nitrogens with one attached hydrogen (secondary N) is 2. The van der Waals surface area contributed by atoms with Crippen molar-refractivity contribution in [3.05, 3.63) is 69.7 Å². The first-order valence-corrected chi connectivity index (χ1v) is 10.6. The zero-order chi connectivity index (χ0) is 19.6. The molecule has 3 rings (SSSR count). The second kappa shape index (κ2) is 7.67. The van der Waals surface area contributed by atoms with Crippen LogP contribution in [0.1, 0.15) is 21.6 Å². The molecule has 0 aliphatic rings. The summed E-state index contributed by atoms with van der Waals surface area (Å²) in [6.07, 6.45) is 0. The van der Waals surface area contributed by atoms with E-state index in [0.717, 1.165) is 22.5 Å². The minimum Gasteiger partial charge on any atom is -0.321 e. The van der Waals surface area contributed by atoms with Crippen LogP contribution in [0.5, 0.6) is 0 Å². The van der Waals surface area contributed by atoms with Gasteiger partial charge in [0, 0.05) is 16.1 Å². The molecule has 3 aromatic rings. The molecule has 0 unspecified atom stereocenters. The van der Waals surface area contributed by atoms with Gasteiger partial charge in [-0.3, -0.25) is 9.52 Å². The summed E-state index contributed by atoms with van der Waals surface area (Å²) in [6.45, 7) is 3.73. The maximum atomic E-state index is 12.4. The first-order chi connectivity index (χ1) is 12.7. The Morgan fingerprint density at radius 3 is 2.48 bits per heavy atom. The number of anilines is 2. The number of rotatable bonds is 5. The topological polar surface area (TPSA) is 88.2 Å². The van der Waals surface area contributed by atoms with Gasteiger partial charge in [0.2, 0.25) is 0 Å². The van der Waals surface area contributed by atoms with Gasteiger partial charge < -0.3 is 5.32 Å². The molecule has 0 radical (unpaired) electrons. The van der Waals surface area contributed by atoms with Crippen LogP contribution in [0, 0.1) is 13.8 Å². The highest BCUT2D eigenvalue weighted by atomic mass is 35.5. The third-order valence-electron chi connectivity index (χ3n) is 3.72.